The smallest absolute Gasteiger partial charge is 0.228 e. The molecule has 2 aromatic carbocycles. The number of carbonyl (C=O) groups is 1. The van der Waals surface area contributed by atoms with Gasteiger partial charge >= 0.3 is 0 Å². The molecule has 0 saturated heterocycles. The molecule has 1 heterocycles. The Labute approximate surface area is 142 Å². The van der Waals surface area contributed by atoms with E-state index in [0.717, 1.165) is 33.9 Å². The van der Waals surface area contributed by atoms with Crippen molar-refractivity contribution in [1.82, 2.24) is 4.98 Å². The van der Waals surface area contributed by atoms with Gasteiger partial charge in [-0.2, -0.15) is 0 Å². The maximum absolute atomic E-state index is 12.7. The molecule has 114 valence electrons. The predicted octanol–water partition coefficient (Wildman–Crippen LogP) is 4.35. The summed E-state index contributed by atoms with van der Waals surface area (Å²) in [7, 11) is 0. The topological polar surface area (TPSA) is 42.0 Å². The number of amides is 1. The molecular weight excluding hydrogens is 352 g/mol. The quantitative estimate of drug-likeness (QED) is 0.732. The Morgan fingerprint density at radius 2 is 1.91 bits per heavy atom. The van der Waals surface area contributed by atoms with Crippen molar-refractivity contribution in [2.24, 2.45) is 5.92 Å². The van der Waals surface area contributed by atoms with Crippen LogP contribution >= 0.6 is 15.9 Å². The maximum atomic E-state index is 12.7. The van der Waals surface area contributed by atoms with Crippen LogP contribution in [0.2, 0.25) is 0 Å². The molecule has 1 unspecified atom stereocenters. The monoisotopic (exact) mass is 366 g/mol. The van der Waals surface area contributed by atoms with Gasteiger partial charge in [0.05, 0.1) is 11.2 Å². The number of anilines is 1. The van der Waals surface area contributed by atoms with E-state index in [2.05, 4.69) is 38.4 Å². The second kappa shape index (κ2) is 5.78. The zero-order valence-corrected chi connectivity index (χ0v) is 14.0. The van der Waals surface area contributed by atoms with Crippen LogP contribution in [0.5, 0.6) is 0 Å². The third-order valence-electron chi connectivity index (χ3n) is 4.36. The van der Waals surface area contributed by atoms with Crippen molar-refractivity contribution in [1.29, 1.82) is 0 Å². The summed E-state index contributed by atoms with van der Waals surface area (Å²) in [5.74, 6) is 0.0498. The van der Waals surface area contributed by atoms with E-state index in [1.165, 1.54) is 11.1 Å². The van der Waals surface area contributed by atoms with Gasteiger partial charge in [-0.1, -0.05) is 40.2 Å². The Morgan fingerprint density at radius 1 is 1.09 bits per heavy atom. The highest BCUT2D eigenvalue weighted by atomic mass is 79.9. The van der Waals surface area contributed by atoms with E-state index < -0.39 is 0 Å². The summed E-state index contributed by atoms with van der Waals surface area (Å²) in [4.78, 5) is 17.1. The minimum absolute atomic E-state index is 0.0155. The largest absolute Gasteiger partial charge is 0.324 e. The van der Waals surface area contributed by atoms with Crippen LogP contribution < -0.4 is 5.32 Å². The van der Waals surface area contributed by atoms with Gasteiger partial charge in [0.2, 0.25) is 5.91 Å². The van der Waals surface area contributed by atoms with Crippen LogP contribution in [-0.4, -0.2) is 10.9 Å². The lowest BCUT2D eigenvalue weighted by molar-refractivity contribution is -0.119. The van der Waals surface area contributed by atoms with E-state index in [1.807, 2.05) is 36.4 Å². The fourth-order valence-electron chi connectivity index (χ4n) is 3.21. The molecule has 1 aromatic heterocycles. The first-order chi connectivity index (χ1) is 11.2. The molecule has 0 fully saturated rings. The molecule has 4 rings (SSSR count). The zero-order valence-electron chi connectivity index (χ0n) is 12.4. The minimum Gasteiger partial charge on any atom is -0.324 e. The van der Waals surface area contributed by atoms with Crippen molar-refractivity contribution in [2.45, 2.75) is 12.8 Å². The maximum Gasteiger partial charge on any atom is 0.228 e. The molecule has 0 saturated carbocycles. The molecule has 3 nitrogen and oxygen atoms in total. The summed E-state index contributed by atoms with van der Waals surface area (Å²) in [5, 5.41) is 4.09. The second-order valence-corrected chi connectivity index (χ2v) is 6.80. The first kappa shape index (κ1) is 14.4. The Kier molecular flexibility index (Phi) is 3.62. The van der Waals surface area contributed by atoms with Gasteiger partial charge in [-0.3, -0.25) is 9.78 Å². The van der Waals surface area contributed by atoms with E-state index in [1.54, 1.807) is 6.20 Å². The van der Waals surface area contributed by atoms with Crippen molar-refractivity contribution in [3.8, 4) is 0 Å². The highest BCUT2D eigenvalue weighted by molar-refractivity contribution is 9.10. The van der Waals surface area contributed by atoms with Gasteiger partial charge in [-0.25, -0.2) is 0 Å². The number of hydrogen-bond donors (Lipinski definition) is 1. The average Bonchev–Trinajstić information content (AvgIpc) is 2.98. The fraction of sp³-hybridized carbons (Fsp3) is 0.158. The molecule has 1 N–H and O–H groups in total. The Morgan fingerprint density at radius 3 is 2.83 bits per heavy atom. The standard InChI is InChI=1S/C19H15BrN2O/c20-16-7-6-13-9-15(10-14(13)11-16)19(23)22-17-5-1-3-12-4-2-8-21-18(12)17/h1-8,11,15H,9-10H2,(H,22,23). The number of hydrogen-bond acceptors (Lipinski definition) is 2. The van der Waals surface area contributed by atoms with Gasteiger partial charge in [-0.05, 0) is 48.2 Å². The van der Waals surface area contributed by atoms with Crippen LogP contribution in [-0.2, 0) is 17.6 Å². The average molecular weight is 367 g/mol. The van der Waals surface area contributed by atoms with Crippen LogP contribution in [0, 0.1) is 5.92 Å². The van der Waals surface area contributed by atoms with Gasteiger partial charge < -0.3 is 5.32 Å². The van der Waals surface area contributed by atoms with E-state index in [4.69, 9.17) is 0 Å². The Balaban J connectivity index is 1.57. The van der Waals surface area contributed by atoms with Gasteiger partial charge in [0.25, 0.3) is 0 Å². The van der Waals surface area contributed by atoms with E-state index in [0.29, 0.717) is 0 Å². The van der Waals surface area contributed by atoms with Crippen molar-refractivity contribution < 1.29 is 4.79 Å². The van der Waals surface area contributed by atoms with Gasteiger partial charge in [-0.15, -0.1) is 0 Å². The third kappa shape index (κ3) is 2.75. The van der Waals surface area contributed by atoms with Crippen molar-refractivity contribution in [3.05, 3.63) is 70.3 Å². The number of nitrogens with zero attached hydrogens (tertiary/aromatic N) is 1. The van der Waals surface area contributed by atoms with Gasteiger partial charge in [0, 0.05) is 22.0 Å². The molecule has 3 aromatic rings. The van der Waals surface area contributed by atoms with Crippen molar-refractivity contribution in [2.75, 3.05) is 5.32 Å². The summed E-state index contributed by atoms with van der Waals surface area (Å²) in [6.45, 7) is 0. The molecule has 0 radical (unpaired) electrons. The van der Waals surface area contributed by atoms with Crippen LogP contribution in [0.3, 0.4) is 0 Å². The summed E-state index contributed by atoms with van der Waals surface area (Å²) in [5.41, 5.74) is 4.15. The van der Waals surface area contributed by atoms with E-state index in [9.17, 15) is 4.79 Å². The lowest BCUT2D eigenvalue weighted by Gasteiger charge is -2.12. The molecule has 4 heteroatoms. The number of halogens is 1. The lowest BCUT2D eigenvalue weighted by atomic mass is 10.1. The van der Waals surface area contributed by atoms with Crippen molar-refractivity contribution in [3.63, 3.8) is 0 Å². The number of carbonyl (C=O) groups excluding carboxylic acids is 1. The molecular formula is C19H15BrN2O. The minimum atomic E-state index is -0.0155. The lowest BCUT2D eigenvalue weighted by Crippen LogP contribution is -2.23. The summed E-state index contributed by atoms with van der Waals surface area (Å²) < 4.78 is 1.07. The SMILES string of the molecule is O=C(Nc1cccc2cccnc12)C1Cc2ccc(Br)cc2C1. The molecule has 1 aliphatic carbocycles. The second-order valence-electron chi connectivity index (χ2n) is 5.89. The van der Waals surface area contributed by atoms with Crippen LogP contribution in [0.1, 0.15) is 11.1 Å². The third-order valence-corrected chi connectivity index (χ3v) is 4.86. The first-order valence-corrected chi connectivity index (χ1v) is 8.42. The van der Waals surface area contributed by atoms with E-state index in [-0.39, 0.29) is 11.8 Å². The summed E-state index contributed by atoms with van der Waals surface area (Å²) >= 11 is 3.49. The highest BCUT2D eigenvalue weighted by Gasteiger charge is 2.27. The number of nitrogens with one attached hydrogen (secondary N) is 1. The Hall–Kier alpha value is -2.20. The number of pyridine rings is 1. The Bertz CT molecular complexity index is 902. The molecule has 1 atom stereocenters. The molecule has 1 aliphatic rings. The molecule has 0 bridgehead atoms. The number of fused-ring (bicyclic) bond motifs is 2. The summed E-state index contributed by atoms with van der Waals surface area (Å²) in [6.07, 6.45) is 3.34. The number of aromatic nitrogens is 1. The van der Waals surface area contributed by atoms with E-state index >= 15 is 0 Å². The van der Waals surface area contributed by atoms with Crippen LogP contribution in [0.15, 0.2) is 59.2 Å². The van der Waals surface area contributed by atoms with Gasteiger partial charge in [0.1, 0.15) is 0 Å². The molecule has 1 amide bonds. The van der Waals surface area contributed by atoms with Crippen molar-refractivity contribution >= 4 is 38.4 Å². The number of rotatable bonds is 2. The molecule has 23 heavy (non-hydrogen) atoms. The fourth-order valence-corrected chi connectivity index (χ4v) is 3.62. The summed E-state index contributed by atoms with van der Waals surface area (Å²) in [6, 6.07) is 16.0. The first-order valence-electron chi connectivity index (χ1n) is 7.62. The zero-order chi connectivity index (χ0) is 15.8. The normalized spacial score (nSPS) is 16.3. The molecule has 0 aliphatic heterocycles. The van der Waals surface area contributed by atoms with Crippen LogP contribution in [0.4, 0.5) is 5.69 Å². The number of benzene rings is 2. The predicted molar refractivity (Wildman–Crippen MR) is 95.4 cm³/mol. The van der Waals surface area contributed by atoms with Gasteiger partial charge in [0.15, 0.2) is 0 Å². The number of para-hydroxylation sites is 1. The highest BCUT2D eigenvalue weighted by Crippen LogP contribution is 2.30. The van der Waals surface area contributed by atoms with Crippen LogP contribution in [0.25, 0.3) is 10.9 Å². The molecule has 0 spiro atoms.